The number of pyridine rings is 1. The average molecular weight is 351 g/mol. The molecule has 0 aromatic carbocycles. The van der Waals surface area contributed by atoms with E-state index in [2.05, 4.69) is 4.98 Å². The van der Waals surface area contributed by atoms with E-state index in [1.807, 2.05) is 27.7 Å². The fraction of sp³-hybridized carbons (Fsp3) is 0.647. The molecule has 8 heteroatoms. The maximum atomic E-state index is 11.4. The van der Waals surface area contributed by atoms with Crippen molar-refractivity contribution in [2.45, 2.75) is 64.4 Å². The van der Waals surface area contributed by atoms with Gasteiger partial charge >= 0.3 is 13.1 Å². The fourth-order valence-corrected chi connectivity index (χ4v) is 2.41. The van der Waals surface area contributed by atoms with Crippen molar-refractivity contribution in [2.75, 3.05) is 6.61 Å². The zero-order chi connectivity index (χ0) is 18.8. The smallest absolute Gasteiger partial charge is 0.466 e. The number of carbonyl (C=O) groups is 1. The molecule has 2 unspecified atom stereocenters. The van der Waals surface area contributed by atoms with Crippen LogP contribution in [-0.4, -0.2) is 52.2 Å². The standard InChI is InChI=1S/C17H26BNO6/c1-6-23-14(21)9-13(20)15(22)12-8-7-11(10-19-12)18-24-16(2,3)17(4,5)25-18/h7-8,10,13,15,20,22H,6,9H2,1-5H3. The van der Waals surface area contributed by atoms with E-state index in [0.717, 1.165) is 5.46 Å². The first-order valence-electron chi connectivity index (χ1n) is 8.40. The van der Waals surface area contributed by atoms with Crippen LogP contribution in [0.25, 0.3) is 0 Å². The molecule has 1 aromatic rings. The predicted molar refractivity (Wildman–Crippen MR) is 92.2 cm³/mol. The summed E-state index contributed by atoms with van der Waals surface area (Å²) in [6.07, 6.45) is -1.32. The van der Waals surface area contributed by atoms with Crippen molar-refractivity contribution in [3.8, 4) is 0 Å². The molecule has 0 aliphatic carbocycles. The summed E-state index contributed by atoms with van der Waals surface area (Å²) in [5.41, 5.74) is 0.0729. The highest BCUT2D eigenvalue weighted by Gasteiger charge is 2.51. The zero-order valence-electron chi connectivity index (χ0n) is 15.4. The molecule has 2 heterocycles. The molecule has 138 valence electrons. The monoisotopic (exact) mass is 351 g/mol. The van der Waals surface area contributed by atoms with Crippen LogP contribution in [0, 0.1) is 0 Å². The van der Waals surface area contributed by atoms with Crippen molar-refractivity contribution in [1.29, 1.82) is 0 Å². The van der Waals surface area contributed by atoms with E-state index in [0.29, 0.717) is 0 Å². The maximum Gasteiger partial charge on any atom is 0.496 e. The van der Waals surface area contributed by atoms with Crippen molar-refractivity contribution in [3.05, 3.63) is 24.0 Å². The summed E-state index contributed by atoms with van der Waals surface area (Å²) in [5.74, 6) is -0.567. The Morgan fingerprint density at radius 3 is 2.32 bits per heavy atom. The van der Waals surface area contributed by atoms with Gasteiger partial charge < -0.3 is 24.3 Å². The number of nitrogens with zero attached hydrogens (tertiary/aromatic N) is 1. The van der Waals surface area contributed by atoms with Gasteiger partial charge in [0.1, 0.15) is 6.10 Å². The molecular weight excluding hydrogens is 325 g/mol. The summed E-state index contributed by atoms with van der Waals surface area (Å²) in [6.45, 7) is 9.75. The molecular formula is C17H26BNO6. The molecule has 1 fully saturated rings. The highest BCUT2D eigenvalue weighted by molar-refractivity contribution is 6.62. The quantitative estimate of drug-likeness (QED) is 0.576. The molecule has 25 heavy (non-hydrogen) atoms. The second kappa shape index (κ2) is 7.41. The van der Waals surface area contributed by atoms with Crippen LogP contribution in [0.4, 0.5) is 0 Å². The lowest BCUT2D eigenvalue weighted by Crippen LogP contribution is -2.41. The van der Waals surface area contributed by atoms with Crippen LogP contribution in [-0.2, 0) is 18.8 Å². The Bertz CT molecular complexity index is 588. The number of carbonyl (C=O) groups excluding carboxylic acids is 1. The summed E-state index contributed by atoms with van der Waals surface area (Å²) < 4.78 is 16.6. The molecule has 1 saturated heterocycles. The first-order chi connectivity index (χ1) is 11.6. The first kappa shape index (κ1) is 19.8. The first-order valence-corrected chi connectivity index (χ1v) is 8.40. The van der Waals surface area contributed by atoms with Gasteiger partial charge in [-0.25, -0.2) is 0 Å². The van der Waals surface area contributed by atoms with Crippen LogP contribution in [0.2, 0.25) is 0 Å². The number of ether oxygens (including phenoxy) is 1. The Labute approximate surface area is 148 Å². The Morgan fingerprint density at radius 2 is 1.84 bits per heavy atom. The number of aliphatic hydroxyl groups excluding tert-OH is 2. The van der Waals surface area contributed by atoms with E-state index in [1.54, 1.807) is 19.1 Å². The SMILES string of the molecule is CCOC(=O)CC(O)C(O)c1ccc(B2OC(C)(C)C(C)(C)O2)cn1. The molecule has 0 saturated carbocycles. The molecule has 7 nitrogen and oxygen atoms in total. The minimum Gasteiger partial charge on any atom is -0.466 e. The lowest BCUT2D eigenvalue weighted by atomic mass is 9.80. The van der Waals surface area contributed by atoms with Crippen molar-refractivity contribution >= 4 is 18.6 Å². The van der Waals surface area contributed by atoms with Crippen LogP contribution >= 0.6 is 0 Å². The molecule has 0 amide bonds. The van der Waals surface area contributed by atoms with Crippen LogP contribution in [0.3, 0.4) is 0 Å². The Kier molecular flexibility index (Phi) is 5.88. The van der Waals surface area contributed by atoms with Crippen molar-refractivity contribution in [2.24, 2.45) is 0 Å². The third-order valence-corrected chi connectivity index (χ3v) is 4.68. The van der Waals surface area contributed by atoms with Crippen LogP contribution in [0.5, 0.6) is 0 Å². The topological polar surface area (TPSA) is 98.1 Å². The largest absolute Gasteiger partial charge is 0.496 e. The third-order valence-electron chi connectivity index (χ3n) is 4.68. The van der Waals surface area contributed by atoms with Gasteiger partial charge in [-0.2, -0.15) is 0 Å². The fourth-order valence-electron chi connectivity index (χ4n) is 2.41. The van der Waals surface area contributed by atoms with E-state index < -0.39 is 36.5 Å². The Balaban J connectivity index is 2.04. The van der Waals surface area contributed by atoms with Gasteiger partial charge in [-0.15, -0.1) is 0 Å². The normalized spacial score (nSPS) is 21.0. The van der Waals surface area contributed by atoms with Gasteiger partial charge in [-0.05, 0) is 40.7 Å². The van der Waals surface area contributed by atoms with E-state index in [1.165, 1.54) is 6.20 Å². The third kappa shape index (κ3) is 4.38. The van der Waals surface area contributed by atoms with Gasteiger partial charge in [0, 0.05) is 11.7 Å². The summed E-state index contributed by atoms with van der Waals surface area (Å²) in [5, 5.41) is 20.1. The highest BCUT2D eigenvalue weighted by Crippen LogP contribution is 2.36. The zero-order valence-corrected chi connectivity index (χ0v) is 15.4. The Morgan fingerprint density at radius 1 is 1.24 bits per heavy atom. The maximum absolute atomic E-state index is 11.4. The van der Waals surface area contributed by atoms with Crippen LogP contribution in [0.1, 0.15) is 52.8 Å². The number of hydrogen-bond donors (Lipinski definition) is 2. The van der Waals surface area contributed by atoms with Crippen LogP contribution in [0.15, 0.2) is 18.3 Å². The van der Waals surface area contributed by atoms with Gasteiger partial charge in [-0.3, -0.25) is 9.78 Å². The molecule has 1 aromatic heterocycles. The van der Waals surface area contributed by atoms with Gasteiger partial charge in [0.2, 0.25) is 0 Å². The number of aromatic nitrogens is 1. The average Bonchev–Trinajstić information content (AvgIpc) is 2.75. The van der Waals surface area contributed by atoms with Gasteiger partial charge in [-0.1, -0.05) is 6.07 Å². The molecule has 2 N–H and O–H groups in total. The summed E-state index contributed by atoms with van der Waals surface area (Å²) in [7, 11) is -0.548. The molecule has 1 aliphatic heterocycles. The molecule has 2 atom stereocenters. The van der Waals surface area contributed by atoms with Crippen LogP contribution < -0.4 is 5.46 Å². The highest BCUT2D eigenvalue weighted by atomic mass is 16.7. The van der Waals surface area contributed by atoms with Gasteiger partial charge in [0.05, 0.1) is 36.0 Å². The number of aliphatic hydroxyl groups is 2. The number of hydrogen-bond acceptors (Lipinski definition) is 7. The minimum atomic E-state index is -1.28. The van der Waals surface area contributed by atoms with E-state index in [4.69, 9.17) is 14.0 Å². The minimum absolute atomic E-state index is 0.225. The van der Waals surface area contributed by atoms with Gasteiger partial charge in [0.15, 0.2) is 0 Å². The summed E-state index contributed by atoms with van der Waals surface area (Å²) in [4.78, 5) is 15.6. The second-order valence-corrected chi connectivity index (χ2v) is 7.13. The molecule has 0 bridgehead atoms. The second-order valence-electron chi connectivity index (χ2n) is 7.13. The lowest BCUT2D eigenvalue weighted by Gasteiger charge is -2.32. The van der Waals surface area contributed by atoms with Gasteiger partial charge in [0.25, 0.3) is 0 Å². The summed E-state index contributed by atoms with van der Waals surface area (Å²) in [6, 6.07) is 3.31. The molecule has 0 spiro atoms. The van der Waals surface area contributed by atoms with Crippen molar-refractivity contribution < 1.29 is 29.1 Å². The van der Waals surface area contributed by atoms with E-state index >= 15 is 0 Å². The number of rotatable bonds is 6. The van der Waals surface area contributed by atoms with E-state index in [9.17, 15) is 15.0 Å². The Hall–Kier alpha value is -1.48. The van der Waals surface area contributed by atoms with Crippen molar-refractivity contribution in [3.63, 3.8) is 0 Å². The predicted octanol–water partition coefficient (Wildman–Crippen LogP) is 0.728. The summed E-state index contributed by atoms with van der Waals surface area (Å²) >= 11 is 0. The molecule has 2 rings (SSSR count). The molecule has 1 aliphatic rings. The lowest BCUT2D eigenvalue weighted by molar-refractivity contribution is -0.147. The van der Waals surface area contributed by atoms with Crippen molar-refractivity contribution in [1.82, 2.24) is 4.98 Å². The molecule has 0 radical (unpaired) electrons. The number of esters is 1. The van der Waals surface area contributed by atoms with E-state index in [-0.39, 0.29) is 18.7 Å².